The lowest BCUT2D eigenvalue weighted by Gasteiger charge is -2.18. The molecule has 7 heteroatoms. The zero-order valence-electron chi connectivity index (χ0n) is 12.1. The molecule has 1 heterocycles. The quantitative estimate of drug-likeness (QED) is 0.646. The number of ether oxygens (including phenoxy) is 1. The Morgan fingerprint density at radius 3 is 2.45 bits per heavy atom. The molecular weight excluding hydrogens is 264 g/mol. The van der Waals surface area contributed by atoms with Crippen LogP contribution in [-0.4, -0.2) is 48.7 Å². The summed E-state index contributed by atoms with van der Waals surface area (Å²) in [7, 11) is 0. The van der Waals surface area contributed by atoms with Crippen molar-refractivity contribution in [2.45, 2.75) is 33.2 Å². The summed E-state index contributed by atoms with van der Waals surface area (Å²) in [6.07, 6.45) is 0.116. The zero-order chi connectivity index (χ0) is 15.3. The van der Waals surface area contributed by atoms with Crippen molar-refractivity contribution in [3.05, 3.63) is 0 Å². The molecule has 1 fully saturated rings. The molecule has 0 aromatic rings. The molecule has 0 aromatic carbocycles. The summed E-state index contributed by atoms with van der Waals surface area (Å²) in [5, 5.41) is 14.2. The van der Waals surface area contributed by atoms with Gasteiger partial charge in [-0.2, -0.15) is 0 Å². The SMILES string of the molecule is CC(C)(C)C(=O)NCCC(=O)NC1COCC1C(=O)O. The molecule has 1 aliphatic rings. The summed E-state index contributed by atoms with van der Waals surface area (Å²) >= 11 is 0. The molecule has 1 aliphatic heterocycles. The van der Waals surface area contributed by atoms with E-state index in [1.54, 1.807) is 20.8 Å². The molecule has 0 aliphatic carbocycles. The highest BCUT2D eigenvalue weighted by Crippen LogP contribution is 2.14. The van der Waals surface area contributed by atoms with Gasteiger partial charge in [0.05, 0.1) is 19.3 Å². The highest BCUT2D eigenvalue weighted by atomic mass is 16.5. The van der Waals surface area contributed by atoms with E-state index in [0.29, 0.717) is 0 Å². The smallest absolute Gasteiger partial charge is 0.311 e. The molecule has 114 valence electrons. The molecule has 1 rings (SSSR count). The maximum Gasteiger partial charge on any atom is 0.311 e. The van der Waals surface area contributed by atoms with E-state index < -0.39 is 23.3 Å². The van der Waals surface area contributed by atoms with Crippen LogP contribution in [0.5, 0.6) is 0 Å². The Morgan fingerprint density at radius 2 is 1.90 bits per heavy atom. The topological polar surface area (TPSA) is 105 Å². The number of carboxylic acid groups (broad SMARTS) is 1. The van der Waals surface area contributed by atoms with E-state index in [-0.39, 0.29) is 38.0 Å². The molecule has 2 amide bonds. The first-order valence-electron chi connectivity index (χ1n) is 6.60. The summed E-state index contributed by atoms with van der Waals surface area (Å²) < 4.78 is 5.05. The van der Waals surface area contributed by atoms with Gasteiger partial charge < -0.3 is 20.5 Å². The first-order chi connectivity index (χ1) is 9.21. The predicted octanol–water partition coefficient (Wildman–Crippen LogP) is -0.245. The van der Waals surface area contributed by atoms with E-state index >= 15 is 0 Å². The predicted molar refractivity (Wildman–Crippen MR) is 71.0 cm³/mol. The molecular formula is C13H22N2O5. The molecule has 0 bridgehead atoms. The number of rotatable bonds is 5. The number of hydrogen-bond acceptors (Lipinski definition) is 4. The Labute approximate surface area is 118 Å². The van der Waals surface area contributed by atoms with Crippen molar-refractivity contribution in [3.63, 3.8) is 0 Å². The second-order valence-electron chi connectivity index (χ2n) is 5.91. The van der Waals surface area contributed by atoms with Crippen molar-refractivity contribution >= 4 is 17.8 Å². The third-order valence-corrected chi connectivity index (χ3v) is 3.06. The minimum Gasteiger partial charge on any atom is -0.481 e. The van der Waals surface area contributed by atoms with Crippen LogP contribution in [0.1, 0.15) is 27.2 Å². The first-order valence-corrected chi connectivity index (χ1v) is 6.60. The minimum atomic E-state index is -0.978. The highest BCUT2D eigenvalue weighted by Gasteiger charge is 2.34. The molecule has 0 radical (unpaired) electrons. The summed E-state index contributed by atoms with van der Waals surface area (Å²) in [5.74, 6) is -2.10. The number of amides is 2. The van der Waals surface area contributed by atoms with E-state index in [9.17, 15) is 14.4 Å². The van der Waals surface area contributed by atoms with Crippen LogP contribution in [0.15, 0.2) is 0 Å². The van der Waals surface area contributed by atoms with Gasteiger partial charge in [0.15, 0.2) is 0 Å². The highest BCUT2D eigenvalue weighted by molar-refractivity contribution is 5.82. The van der Waals surface area contributed by atoms with Crippen molar-refractivity contribution in [2.75, 3.05) is 19.8 Å². The van der Waals surface area contributed by atoms with Crippen molar-refractivity contribution in [1.82, 2.24) is 10.6 Å². The molecule has 20 heavy (non-hydrogen) atoms. The fourth-order valence-corrected chi connectivity index (χ4v) is 1.77. The normalized spacial score (nSPS) is 22.4. The lowest BCUT2D eigenvalue weighted by atomic mass is 9.96. The second kappa shape index (κ2) is 6.69. The number of carbonyl (C=O) groups excluding carboxylic acids is 2. The van der Waals surface area contributed by atoms with Gasteiger partial charge in [0.25, 0.3) is 0 Å². The number of nitrogens with one attached hydrogen (secondary N) is 2. The fourth-order valence-electron chi connectivity index (χ4n) is 1.77. The Morgan fingerprint density at radius 1 is 1.25 bits per heavy atom. The van der Waals surface area contributed by atoms with Crippen LogP contribution in [-0.2, 0) is 19.1 Å². The number of carboxylic acids is 1. The lowest BCUT2D eigenvalue weighted by Crippen LogP contribution is -2.44. The number of hydrogen-bond donors (Lipinski definition) is 3. The molecule has 0 saturated carbocycles. The van der Waals surface area contributed by atoms with E-state index in [1.165, 1.54) is 0 Å². The zero-order valence-corrected chi connectivity index (χ0v) is 12.1. The summed E-state index contributed by atoms with van der Waals surface area (Å²) in [6, 6.07) is -0.502. The van der Waals surface area contributed by atoms with Gasteiger partial charge in [-0.15, -0.1) is 0 Å². The van der Waals surface area contributed by atoms with Crippen LogP contribution in [0.25, 0.3) is 0 Å². The largest absolute Gasteiger partial charge is 0.481 e. The van der Waals surface area contributed by atoms with Crippen molar-refractivity contribution in [1.29, 1.82) is 0 Å². The van der Waals surface area contributed by atoms with Crippen LogP contribution >= 0.6 is 0 Å². The maximum absolute atomic E-state index is 11.7. The van der Waals surface area contributed by atoms with E-state index in [0.717, 1.165) is 0 Å². The van der Waals surface area contributed by atoms with Gasteiger partial charge in [-0.05, 0) is 0 Å². The third-order valence-electron chi connectivity index (χ3n) is 3.06. The molecule has 3 N–H and O–H groups in total. The maximum atomic E-state index is 11.7. The third kappa shape index (κ3) is 4.80. The van der Waals surface area contributed by atoms with Gasteiger partial charge in [-0.1, -0.05) is 20.8 Å². The Kier molecular flexibility index (Phi) is 5.50. The molecule has 1 saturated heterocycles. The Balaban J connectivity index is 2.30. The summed E-state index contributed by atoms with van der Waals surface area (Å²) in [6.45, 7) is 5.91. The van der Waals surface area contributed by atoms with E-state index in [1.807, 2.05) is 0 Å². The molecule has 2 atom stereocenters. The first kappa shape index (κ1) is 16.4. The number of aliphatic carboxylic acids is 1. The fraction of sp³-hybridized carbons (Fsp3) is 0.769. The van der Waals surface area contributed by atoms with Crippen molar-refractivity contribution in [3.8, 4) is 0 Å². The molecule has 0 spiro atoms. The molecule has 2 unspecified atom stereocenters. The molecule has 7 nitrogen and oxygen atoms in total. The Bertz CT molecular complexity index is 389. The average molecular weight is 286 g/mol. The minimum absolute atomic E-state index is 0.112. The lowest BCUT2D eigenvalue weighted by molar-refractivity contribution is -0.142. The van der Waals surface area contributed by atoms with Crippen LogP contribution < -0.4 is 10.6 Å². The van der Waals surface area contributed by atoms with Gasteiger partial charge in [0.2, 0.25) is 11.8 Å². The van der Waals surface area contributed by atoms with Gasteiger partial charge >= 0.3 is 5.97 Å². The van der Waals surface area contributed by atoms with E-state index in [4.69, 9.17) is 9.84 Å². The standard InChI is InChI=1S/C13H22N2O5/c1-13(2,3)12(19)14-5-4-10(16)15-9-7-20-6-8(9)11(17)18/h8-9H,4-7H2,1-3H3,(H,14,19)(H,15,16)(H,17,18). The Hall–Kier alpha value is -1.63. The van der Waals surface area contributed by atoms with Crippen molar-refractivity contribution < 1.29 is 24.2 Å². The summed E-state index contributed by atoms with van der Waals surface area (Å²) in [5.41, 5.74) is -0.496. The van der Waals surface area contributed by atoms with Gasteiger partial charge in [-0.25, -0.2) is 0 Å². The van der Waals surface area contributed by atoms with Gasteiger partial charge in [-0.3, -0.25) is 14.4 Å². The van der Waals surface area contributed by atoms with Crippen molar-refractivity contribution in [2.24, 2.45) is 11.3 Å². The van der Waals surface area contributed by atoms with E-state index in [2.05, 4.69) is 10.6 Å². The van der Waals surface area contributed by atoms with Gasteiger partial charge in [0.1, 0.15) is 5.92 Å². The summed E-state index contributed by atoms with van der Waals surface area (Å²) in [4.78, 5) is 34.2. The van der Waals surface area contributed by atoms with Crippen LogP contribution in [0.2, 0.25) is 0 Å². The monoisotopic (exact) mass is 286 g/mol. The average Bonchev–Trinajstić information content (AvgIpc) is 2.75. The van der Waals surface area contributed by atoms with Gasteiger partial charge in [0, 0.05) is 18.4 Å². The number of carbonyl (C=O) groups is 3. The van der Waals surface area contributed by atoms with Crippen LogP contribution in [0.4, 0.5) is 0 Å². The van der Waals surface area contributed by atoms with Crippen LogP contribution in [0, 0.1) is 11.3 Å². The molecule has 0 aromatic heterocycles. The van der Waals surface area contributed by atoms with Crippen LogP contribution in [0.3, 0.4) is 0 Å². The second-order valence-corrected chi connectivity index (χ2v) is 5.91.